The highest BCUT2D eigenvalue weighted by atomic mass is 32.2. The van der Waals surface area contributed by atoms with Crippen LogP contribution in [0.15, 0.2) is 48.5 Å². The Kier molecular flexibility index (Phi) is 5.78. The first-order chi connectivity index (χ1) is 10.2. The van der Waals surface area contributed by atoms with Gasteiger partial charge in [-0.15, -0.1) is 11.8 Å². The number of hydrogen-bond acceptors (Lipinski definition) is 3. The Morgan fingerprint density at radius 1 is 1.14 bits per heavy atom. The molecule has 1 amide bonds. The molecule has 110 valence electrons. The topological polar surface area (TPSA) is 49.3 Å². The minimum absolute atomic E-state index is 0.112. The molecule has 0 atom stereocenters. The maximum absolute atomic E-state index is 12.8. The summed E-state index contributed by atoms with van der Waals surface area (Å²) in [6, 6.07) is 13.4. The van der Waals surface area contributed by atoms with Gasteiger partial charge in [-0.25, -0.2) is 4.39 Å². The van der Waals surface area contributed by atoms with Crippen LogP contribution in [-0.2, 0) is 17.2 Å². The van der Waals surface area contributed by atoms with Gasteiger partial charge in [0.2, 0.25) is 5.91 Å². The number of halogens is 1. The van der Waals surface area contributed by atoms with Crippen molar-refractivity contribution in [2.45, 2.75) is 12.4 Å². The third-order valence-corrected chi connectivity index (χ3v) is 3.88. The maximum Gasteiger partial charge on any atom is 0.234 e. The lowest BCUT2D eigenvalue weighted by Crippen LogP contribution is -2.15. The molecular weight excluding hydrogens is 289 g/mol. The zero-order valence-electron chi connectivity index (χ0n) is 11.4. The van der Waals surface area contributed by atoms with Crippen molar-refractivity contribution in [3.05, 3.63) is 65.5 Å². The number of thioether (sulfide) groups is 1. The number of benzene rings is 2. The molecule has 0 aromatic heterocycles. The second-order valence-electron chi connectivity index (χ2n) is 4.48. The van der Waals surface area contributed by atoms with Crippen LogP contribution in [0, 0.1) is 5.82 Å². The highest BCUT2D eigenvalue weighted by molar-refractivity contribution is 7.99. The van der Waals surface area contributed by atoms with Gasteiger partial charge in [0, 0.05) is 17.0 Å². The summed E-state index contributed by atoms with van der Waals surface area (Å²) in [5, 5.41) is 12.0. The van der Waals surface area contributed by atoms with Crippen LogP contribution >= 0.6 is 11.8 Å². The molecule has 0 saturated carbocycles. The average Bonchev–Trinajstić information content (AvgIpc) is 2.50. The number of aliphatic hydroxyl groups is 1. The SMILES string of the molecule is O=C(CSCc1ccc(F)cc1)Nc1ccccc1CO. The number of rotatable bonds is 6. The van der Waals surface area contributed by atoms with Gasteiger partial charge in [-0.3, -0.25) is 4.79 Å². The molecular formula is C16H16FNO2S. The molecule has 2 aromatic carbocycles. The largest absolute Gasteiger partial charge is 0.392 e. The van der Waals surface area contributed by atoms with Gasteiger partial charge in [-0.2, -0.15) is 0 Å². The zero-order chi connectivity index (χ0) is 15.1. The number of nitrogens with one attached hydrogen (secondary N) is 1. The number of para-hydroxylation sites is 1. The second kappa shape index (κ2) is 7.81. The molecule has 0 aliphatic heterocycles. The van der Waals surface area contributed by atoms with E-state index in [4.69, 9.17) is 0 Å². The first-order valence-electron chi connectivity index (χ1n) is 6.50. The van der Waals surface area contributed by atoms with Gasteiger partial charge in [-0.05, 0) is 23.8 Å². The van der Waals surface area contributed by atoms with E-state index < -0.39 is 0 Å². The van der Waals surface area contributed by atoms with E-state index in [-0.39, 0.29) is 18.3 Å². The lowest BCUT2D eigenvalue weighted by Gasteiger charge is -2.09. The molecule has 0 aliphatic carbocycles. The summed E-state index contributed by atoms with van der Waals surface area (Å²) in [4.78, 5) is 11.9. The Morgan fingerprint density at radius 2 is 1.86 bits per heavy atom. The Labute approximate surface area is 127 Å². The Morgan fingerprint density at radius 3 is 2.57 bits per heavy atom. The minimum atomic E-state index is -0.262. The van der Waals surface area contributed by atoms with Gasteiger partial charge < -0.3 is 10.4 Å². The molecule has 0 fully saturated rings. The highest BCUT2D eigenvalue weighted by Gasteiger charge is 2.06. The molecule has 0 unspecified atom stereocenters. The number of carbonyl (C=O) groups is 1. The fourth-order valence-corrected chi connectivity index (χ4v) is 2.60. The normalized spacial score (nSPS) is 10.4. The van der Waals surface area contributed by atoms with Crippen LogP contribution in [0.3, 0.4) is 0 Å². The molecule has 0 saturated heterocycles. The predicted octanol–water partition coefficient (Wildman–Crippen LogP) is 3.19. The van der Waals surface area contributed by atoms with E-state index in [9.17, 15) is 14.3 Å². The van der Waals surface area contributed by atoms with Crippen molar-refractivity contribution in [3.63, 3.8) is 0 Å². The molecule has 0 radical (unpaired) electrons. The van der Waals surface area contributed by atoms with Crippen LogP contribution in [0.1, 0.15) is 11.1 Å². The van der Waals surface area contributed by atoms with Crippen molar-refractivity contribution in [1.82, 2.24) is 0 Å². The first kappa shape index (κ1) is 15.5. The van der Waals surface area contributed by atoms with Crippen LogP contribution in [0.2, 0.25) is 0 Å². The lowest BCUT2D eigenvalue weighted by atomic mass is 10.2. The van der Waals surface area contributed by atoms with Crippen LogP contribution < -0.4 is 5.32 Å². The lowest BCUT2D eigenvalue weighted by molar-refractivity contribution is -0.113. The number of amides is 1. The van der Waals surface area contributed by atoms with Crippen LogP contribution in [0.5, 0.6) is 0 Å². The average molecular weight is 305 g/mol. The summed E-state index contributed by atoms with van der Waals surface area (Å²) in [5.41, 5.74) is 2.30. The summed E-state index contributed by atoms with van der Waals surface area (Å²) in [7, 11) is 0. The van der Waals surface area contributed by atoms with E-state index in [0.29, 0.717) is 22.8 Å². The van der Waals surface area contributed by atoms with Gasteiger partial charge in [0.1, 0.15) is 5.82 Å². The standard InChI is InChI=1S/C16H16FNO2S/c17-14-7-5-12(6-8-14)10-21-11-16(20)18-15-4-2-1-3-13(15)9-19/h1-8,19H,9-11H2,(H,18,20). The van der Waals surface area contributed by atoms with Gasteiger partial charge >= 0.3 is 0 Å². The molecule has 5 heteroatoms. The summed E-state index contributed by atoms with van der Waals surface area (Å²) in [5.74, 6) is 0.567. The van der Waals surface area contributed by atoms with Crippen molar-refractivity contribution in [3.8, 4) is 0 Å². The molecule has 2 aromatic rings. The van der Waals surface area contributed by atoms with Crippen LogP contribution in [0.25, 0.3) is 0 Å². The Hall–Kier alpha value is -1.85. The van der Waals surface area contributed by atoms with Gasteiger partial charge in [0.25, 0.3) is 0 Å². The third kappa shape index (κ3) is 4.88. The minimum Gasteiger partial charge on any atom is -0.392 e. The molecule has 0 bridgehead atoms. The van der Waals surface area contributed by atoms with Gasteiger partial charge in [0.05, 0.1) is 12.4 Å². The number of anilines is 1. The van der Waals surface area contributed by atoms with Crippen molar-refractivity contribution in [2.24, 2.45) is 0 Å². The van der Waals surface area contributed by atoms with Crippen molar-refractivity contribution in [1.29, 1.82) is 0 Å². The third-order valence-electron chi connectivity index (χ3n) is 2.88. The molecule has 0 spiro atoms. The molecule has 0 heterocycles. The Bertz CT molecular complexity index is 601. The van der Waals surface area contributed by atoms with Crippen molar-refractivity contribution >= 4 is 23.4 Å². The number of aliphatic hydroxyl groups excluding tert-OH is 1. The fourth-order valence-electron chi connectivity index (χ4n) is 1.81. The van der Waals surface area contributed by atoms with E-state index in [1.165, 1.54) is 23.9 Å². The van der Waals surface area contributed by atoms with Crippen molar-refractivity contribution < 1.29 is 14.3 Å². The molecule has 3 nitrogen and oxygen atoms in total. The predicted molar refractivity (Wildman–Crippen MR) is 83.6 cm³/mol. The summed E-state index contributed by atoms with van der Waals surface area (Å²) in [6.45, 7) is -0.112. The second-order valence-corrected chi connectivity index (χ2v) is 5.47. The molecule has 2 rings (SSSR count). The van der Waals surface area contributed by atoms with E-state index in [0.717, 1.165) is 5.56 Å². The summed E-state index contributed by atoms with van der Waals surface area (Å²) in [6.07, 6.45) is 0. The Balaban J connectivity index is 1.81. The molecule has 21 heavy (non-hydrogen) atoms. The summed E-state index contributed by atoms with van der Waals surface area (Å²) >= 11 is 1.46. The van der Waals surface area contributed by atoms with E-state index >= 15 is 0 Å². The van der Waals surface area contributed by atoms with E-state index in [1.807, 2.05) is 6.07 Å². The van der Waals surface area contributed by atoms with Crippen molar-refractivity contribution in [2.75, 3.05) is 11.1 Å². The van der Waals surface area contributed by atoms with Crippen LogP contribution in [0.4, 0.5) is 10.1 Å². The molecule has 2 N–H and O–H groups in total. The summed E-state index contributed by atoms with van der Waals surface area (Å²) < 4.78 is 12.8. The zero-order valence-corrected chi connectivity index (χ0v) is 12.2. The van der Waals surface area contributed by atoms with Gasteiger partial charge in [0.15, 0.2) is 0 Å². The smallest absolute Gasteiger partial charge is 0.234 e. The van der Waals surface area contributed by atoms with Gasteiger partial charge in [-0.1, -0.05) is 30.3 Å². The monoisotopic (exact) mass is 305 g/mol. The fraction of sp³-hybridized carbons (Fsp3) is 0.188. The number of carbonyl (C=O) groups excluding carboxylic acids is 1. The van der Waals surface area contributed by atoms with E-state index in [2.05, 4.69) is 5.32 Å². The first-order valence-corrected chi connectivity index (χ1v) is 7.65. The number of hydrogen-bond donors (Lipinski definition) is 2. The highest BCUT2D eigenvalue weighted by Crippen LogP contribution is 2.17. The van der Waals surface area contributed by atoms with E-state index in [1.54, 1.807) is 30.3 Å². The van der Waals surface area contributed by atoms with Crippen LogP contribution in [-0.4, -0.2) is 16.8 Å². The molecule has 0 aliphatic rings. The maximum atomic E-state index is 12.8. The quantitative estimate of drug-likeness (QED) is 0.861.